The molecule has 1 saturated heterocycles. The summed E-state index contributed by atoms with van der Waals surface area (Å²) in [5.41, 5.74) is 1.15. The molecule has 7 heteroatoms. The van der Waals surface area contributed by atoms with Gasteiger partial charge in [0, 0.05) is 12.6 Å². The van der Waals surface area contributed by atoms with E-state index in [2.05, 4.69) is 15.0 Å². The Morgan fingerprint density at radius 1 is 1.32 bits per heavy atom. The van der Waals surface area contributed by atoms with Gasteiger partial charge < -0.3 is 9.47 Å². The first-order valence-electron chi connectivity index (χ1n) is 7.44. The summed E-state index contributed by atoms with van der Waals surface area (Å²) in [6, 6.07) is 4.48. The van der Waals surface area contributed by atoms with Crippen molar-refractivity contribution < 1.29 is 9.47 Å². The van der Waals surface area contributed by atoms with Crippen LogP contribution in [0.4, 0.5) is 0 Å². The van der Waals surface area contributed by atoms with E-state index >= 15 is 0 Å². The Kier molecular flexibility index (Phi) is 3.63. The van der Waals surface area contributed by atoms with Gasteiger partial charge >= 0.3 is 0 Å². The first-order chi connectivity index (χ1) is 10.8. The van der Waals surface area contributed by atoms with Crippen LogP contribution in [0.15, 0.2) is 24.8 Å². The molecule has 2 aliphatic heterocycles. The fourth-order valence-corrected chi connectivity index (χ4v) is 3.49. The first-order valence-corrected chi connectivity index (χ1v) is 7.82. The second-order valence-corrected chi connectivity index (χ2v) is 6.10. The van der Waals surface area contributed by atoms with Crippen LogP contribution >= 0.6 is 11.6 Å². The molecule has 0 radical (unpaired) electrons. The topological polar surface area (TPSA) is 52.4 Å². The number of hydrogen-bond donors (Lipinski definition) is 0. The van der Waals surface area contributed by atoms with E-state index in [1.54, 1.807) is 12.7 Å². The van der Waals surface area contributed by atoms with Crippen molar-refractivity contribution >= 4 is 11.6 Å². The number of likely N-dealkylation sites (tertiary alicyclic amines) is 1. The molecule has 3 heterocycles. The Labute approximate surface area is 133 Å². The molecule has 1 fully saturated rings. The molecule has 1 aromatic heterocycles. The van der Waals surface area contributed by atoms with Crippen LogP contribution in [0.2, 0.25) is 5.02 Å². The molecule has 0 spiro atoms. The summed E-state index contributed by atoms with van der Waals surface area (Å²) < 4.78 is 12.7. The highest BCUT2D eigenvalue weighted by Crippen LogP contribution is 2.40. The molecular formula is C15H17ClN4O2. The Morgan fingerprint density at radius 3 is 3.14 bits per heavy atom. The van der Waals surface area contributed by atoms with Gasteiger partial charge in [0.1, 0.15) is 12.7 Å². The largest absolute Gasteiger partial charge is 0.454 e. The fourth-order valence-electron chi connectivity index (χ4n) is 3.20. The predicted octanol–water partition coefficient (Wildman–Crippen LogP) is 2.32. The van der Waals surface area contributed by atoms with Crippen LogP contribution in [0.1, 0.15) is 18.4 Å². The van der Waals surface area contributed by atoms with Crippen LogP contribution in [0.25, 0.3) is 0 Å². The normalized spacial score (nSPS) is 20.7. The van der Waals surface area contributed by atoms with Crippen molar-refractivity contribution in [3.63, 3.8) is 0 Å². The maximum atomic E-state index is 6.27. The van der Waals surface area contributed by atoms with E-state index in [1.807, 2.05) is 16.8 Å². The van der Waals surface area contributed by atoms with E-state index in [1.165, 1.54) is 12.8 Å². The van der Waals surface area contributed by atoms with Crippen molar-refractivity contribution in [3.05, 3.63) is 35.4 Å². The van der Waals surface area contributed by atoms with Crippen LogP contribution in [0.5, 0.6) is 11.5 Å². The molecule has 0 aliphatic carbocycles. The summed E-state index contributed by atoms with van der Waals surface area (Å²) in [5, 5.41) is 4.83. The predicted molar refractivity (Wildman–Crippen MR) is 81.0 cm³/mol. The van der Waals surface area contributed by atoms with E-state index in [0.717, 1.165) is 30.9 Å². The number of nitrogens with zero attached hydrogens (tertiary/aromatic N) is 4. The third-order valence-corrected chi connectivity index (χ3v) is 4.52. The van der Waals surface area contributed by atoms with Crippen molar-refractivity contribution in [1.29, 1.82) is 0 Å². The fraction of sp³-hybridized carbons (Fsp3) is 0.467. The minimum absolute atomic E-state index is 0.247. The van der Waals surface area contributed by atoms with Gasteiger partial charge in [-0.05, 0) is 37.1 Å². The van der Waals surface area contributed by atoms with Crippen LogP contribution in [0.3, 0.4) is 0 Å². The van der Waals surface area contributed by atoms with Gasteiger partial charge in [-0.3, -0.25) is 9.58 Å². The zero-order valence-corrected chi connectivity index (χ0v) is 12.9. The molecule has 2 aromatic rings. The molecule has 116 valence electrons. The third kappa shape index (κ3) is 2.64. The van der Waals surface area contributed by atoms with Crippen LogP contribution in [-0.4, -0.2) is 39.0 Å². The van der Waals surface area contributed by atoms with E-state index in [4.69, 9.17) is 21.1 Å². The molecule has 2 aliphatic rings. The van der Waals surface area contributed by atoms with Gasteiger partial charge in [0.15, 0.2) is 11.5 Å². The van der Waals surface area contributed by atoms with Crippen molar-refractivity contribution in [2.24, 2.45) is 0 Å². The molecular weight excluding hydrogens is 304 g/mol. The number of hydrogen-bond acceptors (Lipinski definition) is 5. The lowest BCUT2D eigenvalue weighted by molar-refractivity contribution is 0.174. The van der Waals surface area contributed by atoms with Crippen molar-refractivity contribution in [1.82, 2.24) is 19.7 Å². The van der Waals surface area contributed by atoms with Crippen LogP contribution in [0, 0.1) is 0 Å². The standard InChI is InChI=1S/C15H17ClN4O2/c16-13-4-11(5-14-15(13)22-10-21-14)6-19-3-1-2-12(19)7-20-9-17-8-18-20/h4-5,8-9,12H,1-3,6-7,10H2. The van der Waals surface area contributed by atoms with Gasteiger partial charge in [-0.2, -0.15) is 5.10 Å². The first kappa shape index (κ1) is 13.8. The molecule has 0 N–H and O–H groups in total. The molecule has 6 nitrogen and oxygen atoms in total. The molecule has 0 bridgehead atoms. The number of benzene rings is 1. The zero-order valence-electron chi connectivity index (χ0n) is 12.1. The lowest BCUT2D eigenvalue weighted by atomic mass is 10.1. The van der Waals surface area contributed by atoms with Crippen LogP contribution < -0.4 is 9.47 Å². The maximum absolute atomic E-state index is 6.27. The zero-order chi connectivity index (χ0) is 14.9. The second kappa shape index (κ2) is 5.78. The SMILES string of the molecule is Clc1cc(CN2CCCC2Cn2cncn2)cc2c1OCO2. The summed E-state index contributed by atoms with van der Waals surface area (Å²) in [4.78, 5) is 6.48. The van der Waals surface area contributed by atoms with Crippen molar-refractivity contribution in [2.45, 2.75) is 32.0 Å². The maximum Gasteiger partial charge on any atom is 0.231 e. The summed E-state index contributed by atoms with van der Waals surface area (Å²) in [7, 11) is 0. The Morgan fingerprint density at radius 2 is 2.27 bits per heavy atom. The third-order valence-electron chi connectivity index (χ3n) is 4.24. The van der Waals surface area contributed by atoms with Gasteiger partial charge in [0.2, 0.25) is 6.79 Å². The smallest absolute Gasteiger partial charge is 0.231 e. The van der Waals surface area contributed by atoms with Crippen molar-refractivity contribution in [3.8, 4) is 11.5 Å². The molecule has 1 atom stereocenters. The number of aromatic nitrogens is 3. The number of ether oxygens (including phenoxy) is 2. The van der Waals surface area contributed by atoms with E-state index in [9.17, 15) is 0 Å². The highest BCUT2D eigenvalue weighted by atomic mass is 35.5. The number of rotatable bonds is 4. The van der Waals surface area contributed by atoms with E-state index in [0.29, 0.717) is 16.8 Å². The van der Waals surface area contributed by atoms with Gasteiger partial charge in [0.05, 0.1) is 11.6 Å². The molecule has 0 amide bonds. The highest BCUT2D eigenvalue weighted by Gasteiger charge is 2.26. The van der Waals surface area contributed by atoms with E-state index < -0.39 is 0 Å². The quantitative estimate of drug-likeness (QED) is 0.865. The average Bonchev–Trinajstić information content (AvgIpc) is 3.22. The van der Waals surface area contributed by atoms with Crippen molar-refractivity contribution in [2.75, 3.05) is 13.3 Å². The molecule has 0 saturated carbocycles. The molecule has 22 heavy (non-hydrogen) atoms. The second-order valence-electron chi connectivity index (χ2n) is 5.70. The Balaban J connectivity index is 1.49. The number of fused-ring (bicyclic) bond motifs is 1. The van der Waals surface area contributed by atoms with Gasteiger partial charge in [-0.15, -0.1) is 0 Å². The number of halogens is 1. The Hall–Kier alpha value is -1.79. The molecule has 1 aromatic carbocycles. The monoisotopic (exact) mass is 320 g/mol. The summed E-state index contributed by atoms with van der Waals surface area (Å²) >= 11 is 6.27. The Bertz CT molecular complexity index is 662. The highest BCUT2D eigenvalue weighted by molar-refractivity contribution is 6.32. The minimum atomic E-state index is 0.247. The lowest BCUT2D eigenvalue weighted by Crippen LogP contribution is -2.32. The molecule has 1 unspecified atom stereocenters. The summed E-state index contributed by atoms with van der Waals surface area (Å²) in [6.45, 7) is 3.07. The van der Waals surface area contributed by atoms with Gasteiger partial charge in [-0.1, -0.05) is 11.6 Å². The van der Waals surface area contributed by atoms with Crippen LogP contribution in [-0.2, 0) is 13.1 Å². The van der Waals surface area contributed by atoms with Gasteiger partial charge in [0.25, 0.3) is 0 Å². The summed E-state index contributed by atoms with van der Waals surface area (Å²) in [5.74, 6) is 1.40. The van der Waals surface area contributed by atoms with E-state index in [-0.39, 0.29) is 6.79 Å². The van der Waals surface area contributed by atoms with Gasteiger partial charge in [-0.25, -0.2) is 4.98 Å². The summed E-state index contributed by atoms with van der Waals surface area (Å²) in [6.07, 6.45) is 5.74. The minimum Gasteiger partial charge on any atom is -0.454 e. The lowest BCUT2D eigenvalue weighted by Gasteiger charge is -2.24. The molecule has 4 rings (SSSR count). The average molecular weight is 321 g/mol.